The second-order valence-corrected chi connectivity index (χ2v) is 4.24. The van der Waals surface area contributed by atoms with Crippen molar-refractivity contribution in [3.05, 3.63) is 47.6 Å². The van der Waals surface area contributed by atoms with Crippen molar-refractivity contribution >= 4 is 17.2 Å². The number of hydrogen-bond donors (Lipinski definition) is 0. The first-order chi connectivity index (χ1) is 8.79. The standard InChI is InChI=1S/C13H10ClN3O/c1-18-11-5-3-2-4-10(11)13-16-15-12-7-6-9(14)8-17(12)13/h2-8H,1H3. The van der Waals surface area contributed by atoms with Gasteiger partial charge in [0.05, 0.1) is 17.7 Å². The molecule has 0 N–H and O–H groups in total. The van der Waals surface area contributed by atoms with Crippen molar-refractivity contribution in [3.63, 3.8) is 0 Å². The van der Waals surface area contributed by atoms with E-state index in [-0.39, 0.29) is 0 Å². The van der Waals surface area contributed by atoms with Gasteiger partial charge in [-0.25, -0.2) is 0 Å². The lowest BCUT2D eigenvalue weighted by molar-refractivity contribution is 0.416. The van der Waals surface area contributed by atoms with Crippen molar-refractivity contribution in [1.29, 1.82) is 0 Å². The van der Waals surface area contributed by atoms with Crippen molar-refractivity contribution < 1.29 is 4.74 Å². The van der Waals surface area contributed by atoms with Gasteiger partial charge < -0.3 is 4.74 Å². The highest BCUT2D eigenvalue weighted by molar-refractivity contribution is 6.30. The van der Waals surface area contributed by atoms with Crippen LogP contribution in [0.15, 0.2) is 42.6 Å². The Morgan fingerprint density at radius 2 is 1.94 bits per heavy atom. The van der Waals surface area contributed by atoms with E-state index in [0.29, 0.717) is 10.8 Å². The van der Waals surface area contributed by atoms with Gasteiger partial charge in [0.15, 0.2) is 11.5 Å². The van der Waals surface area contributed by atoms with Crippen molar-refractivity contribution in [2.75, 3.05) is 7.11 Å². The van der Waals surface area contributed by atoms with Gasteiger partial charge in [-0.1, -0.05) is 23.7 Å². The number of aromatic nitrogens is 3. The number of nitrogens with zero attached hydrogens (tertiary/aromatic N) is 3. The Bertz CT molecular complexity index is 708. The fourth-order valence-electron chi connectivity index (χ4n) is 1.88. The van der Waals surface area contributed by atoms with Crippen LogP contribution < -0.4 is 4.74 Å². The van der Waals surface area contributed by atoms with E-state index in [4.69, 9.17) is 16.3 Å². The first kappa shape index (κ1) is 11.0. The van der Waals surface area contributed by atoms with Crippen molar-refractivity contribution in [2.24, 2.45) is 0 Å². The summed E-state index contributed by atoms with van der Waals surface area (Å²) in [5.74, 6) is 1.47. The number of rotatable bonds is 2. The van der Waals surface area contributed by atoms with Gasteiger partial charge in [0.2, 0.25) is 0 Å². The van der Waals surface area contributed by atoms with Crippen molar-refractivity contribution in [1.82, 2.24) is 14.6 Å². The van der Waals surface area contributed by atoms with Crippen LogP contribution in [0.2, 0.25) is 5.02 Å². The van der Waals surface area contributed by atoms with Gasteiger partial charge in [0.1, 0.15) is 5.75 Å². The van der Waals surface area contributed by atoms with E-state index in [0.717, 1.165) is 17.0 Å². The van der Waals surface area contributed by atoms with Crippen molar-refractivity contribution in [3.8, 4) is 17.1 Å². The molecule has 0 aliphatic rings. The maximum Gasteiger partial charge on any atom is 0.172 e. The molecule has 1 aromatic carbocycles. The molecule has 2 heterocycles. The van der Waals surface area contributed by atoms with Gasteiger partial charge in [0.25, 0.3) is 0 Å². The first-order valence-corrected chi connectivity index (χ1v) is 5.81. The first-order valence-electron chi connectivity index (χ1n) is 5.43. The molecule has 90 valence electrons. The highest BCUT2D eigenvalue weighted by atomic mass is 35.5. The van der Waals surface area contributed by atoms with Crippen molar-refractivity contribution in [2.45, 2.75) is 0 Å². The predicted molar refractivity (Wildman–Crippen MR) is 70.0 cm³/mol. The van der Waals surface area contributed by atoms with Crippen LogP contribution in [0.3, 0.4) is 0 Å². The third kappa shape index (κ3) is 1.71. The average molecular weight is 260 g/mol. The molecule has 0 aliphatic heterocycles. The normalized spacial score (nSPS) is 10.8. The molecule has 0 bridgehead atoms. The second kappa shape index (κ2) is 4.31. The summed E-state index contributed by atoms with van der Waals surface area (Å²) in [6.45, 7) is 0. The van der Waals surface area contributed by atoms with E-state index in [2.05, 4.69) is 10.2 Å². The molecule has 3 rings (SSSR count). The lowest BCUT2D eigenvalue weighted by atomic mass is 10.2. The minimum Gasteiger partial charge on any atom is -0.496 e. The number of hydrogen-bond acceptors (Lipinski definition) is 3. The number of halogens is 1. The minimum absolute atomic E-state index is 0.637. The van der Waals surface area contributed by atoms with Crippen LogP contribution in [-0.2, 0) is 0 Å². The summed E-state index contributed by atoms with van der Waals surface area (Å²) in [5, 5.41) is 8.94. The van der Waals surface area contributed by atoms with E-state index in [1.165, 1.54) is 0 Å². The Kier molecular flexibility index (Phi) is 2.64. The molecule has 0 atom stereocenters. The van der Waals surface area contributed by atoms with Crippen LogP contribution >= 0.6 is 11.6 Å². The molecule has 0 aliphatic carbocycles. The lowest BCUT2D eigenvalue weighted by Crippen LogP contribution is -1.92. The Hall–Kier alpha value is -2.07. The van der Waals surface area contributed by atoms with Gasteiger partial charge >= 0.3 is 0 Å². The molecule has 0 spiro atoms. The molecule has 18 heavy (non-hydrogen) atoms. The maximum atomic E-state index is 6.00. The monoisotopic (exact) mass is 259 g/mol. The summed E-state index contributed by atoms with van der Waals surface area (Å²) in [5.41, 5.74) is 1.63. The van der Waals surface area contributed by atoms with Gasteiger partial charge in [-0.15, -0.1) is 10.2 Å². The van der Waals surface area contributed by atoms with Crippen LogP contribution in [0.4, 0.5) is 0 Å². The van der Waals surface area contributed by atoms with E-state index in [1.54, 1.807) is 19.4 Å². The molecule has 0 saturated carbocycles. The molecule has 0 amide bonds. The van der Waals surface area contributed by atoms with Crippen LogP contribution in [0, 0.1) is 0 Å². The van der Waals surface area contributed by atoms with Crippen LogP contribution in [0.25, 0.3) is 17.0 Å². The molecule has 3 aromatic rings. The van der Waals surface area contributed by atoms with Gasteiger partial charge in [-0.2, -0.15) is 0 Å². The molecule has 2 aromatic heterocycles. The molecular formula is C13H10ClN3O. The highest BCUT2D eigenvalue weighted by Crippen LogP contribution is 2.28. The number of fused-ring (bicyclic) bond motifs is 1. The van der Waals surface area contributed by atoms with E-state index >= 15 is 0 Å². The third-order valence-corrected chi connectivity index (χ3v) is 2.94. The number of ether oxygens (including phenoxy) is 1. The SMILES string of the molecule is COc1ccccc1-c1nnc2ccc(Cl)cn12. The third-order valence-electron chi connectivity index (χ3n) is 2.71. The highest BCUT2D eigenvalue weighted by Gasteiger charge is 2.12. The number of para-hydroxylation sites is 1. The summed E-state index contributed by atoms with van der Waals surface area (Å²) in [4.78, 5) is 0. The van der Waals surface area contributed by atoms with E-state index in [9.17, 15) is 0 Å². The molecule has 5 heteroatoms. The number of pyridine rings is 1. The van der Waals surface area contributed by atoms with Crippen LogP contribution in [-0.4, -0.2) is 21.7 Å². The molecule has 0 fully saturated rings. The van der Waals surface area contributed by atoms with Gasteiger partial charge in [-0.05, 0) is 24.3 Å². The fraction of sp³-hybridized carbons (Fsp3) is 0.0769. The summed E-state index contributed by atoms with van der Waals surface area (Å²) in [7, 11) is 1.63. The second-order valence-electron chi connectivity index (χ2n) is 3.80. The maximum absolute atomic E-state index is 6.00. The molecule has 0 radical (unpaired) electrons. The molecule has 0 saturated heterocycles. The zero-order valence-corrected chi connectivity index (χ0v) is 10.4. The topological polar surface area (TPSA) is 39.4 Å². The van der Waals surface area contributed by atoms with Crippen LogP contribution in [0.1, 0.15) is 0 Å². The van der Waals surface area contributed by atoms with Crippen LogP contribution in [0.5, 0.6) is 5.75 Å². The zero-order valence-electron chi connectivity index (χ0n) is 9.67. The Balaban J connectivity index is 2.28. The summed E-state index contributed by atoms with van der Waals surface area (Å²) in [6.07, 6.45) is 1.79. The molecule has 0 unspecified atom stereocenters. The molecular weight excluding hydrogens is 250 g/mol. The summed E-state index contributed by atoms with van der Waals surface area (Å²) in [6, 6.07) is 11.3. The van der Waals surface area contributed by atoms with E-state index in [1.807, 2.05) is 34.7 Å². The minimum atomic E-state index is 0.637. The smallest absolute Gasteiger partial charge is 0.172 e. The lowest BCUT2D eigenvalue weighted by Gasteiger charge is -2.06. The zero-order chi connectivity index (χ0) is 12.5. The Morgan fingerprint density at radius 3 is 2.78 bits per heavy atom. The largest absolute Gasteiger partial charge is 0.496 e. The predicted octanol–water partition coefficient (Wildman–Crippen LogP) is 3.06. The van der Waals surface area contributed by atoms with Gasteiger partial charge in [0, 0.05) is 6.20 Å². The summed E-state index contributed by atoms with van der Waals surface area (Å²) >= 11 is 6.00. The van der Waals surface area contributed by atoms with Gasteiger partial charge in [-0.3, -0.25) is 4.40 Å². The Labute approximate surface area is 109 Å². The Morgan fingerprint density at radius 1 is 1.11 bits per heavy atom. The fourth-order valence-corrected chi connectivity index (χ4v) is 2.04. The quantitative estimate of drug-likeness (QED) is 0.710. The molecule has 4 nitrogen and oxygen atoms in total. The number of methoxy groups -OCH3 is 1. The number of benzene rings is 1. The summed E-state index contributed by atoms with van der Waals surface area (Å²) < 4.78 is 7.18. The van der Waals surface area contributed by atoms with E-state index < -0.39 is 0 Å². The average Bonchev–Trinajstić information content (AvgIpc) is 2.81.